The molecule has 1 aromatic carbocycles. The fourth-order valence-corrected chi connectivity index (χ4v) is 2.48. The average molecular weight is 392 g/mol. The lowest BCUT2D eigenvalue weighted by Crippen LogP contribution is -2.26. The number of hydrogen-bond donors (Lipinski definition) is 1. The van der Waals surface area contributed by atoms with Crippen LogP contribution in [0.5, 0.6) is 0 Å². The van der Waals surface area contributed by atoms with E-state index in [2.05, 4.69) is 10.4 Å². The maximum Gasteiger partial charge on any atom is 0.416 e. The maximum absolute atomic E-state index is 12.8. The maximum atomic E-state index is 12.8. The summed E-state index contributed by atoms with van der Waals surface area (Å²) in [6.45, 7) is 0.437. The normalized spacial score (nSPS) is 11.5. The summed E-state index contributed by atoms with van der Waals surface area (Å²) < 4.78 is 45.7. The number of anilines is 1. The summed E-state index contributed by atoms with van der Waals surface area (Å²) in [5.74, 6) is 1.38. The molecule has 0 aliphatic carbocycles. The number of alkyl halides is 3. The summed E-state index contributed by atoms with van der Waals surface area (Å²) in [4.78, 5) is 13.2. The minimum atomic E-state index is -4.40. The van der Waals surface area contributed by atoms with Gasteiger partial charge in [0.2, 0.25) is 5.91 Å². The molecule has 9 heteroatoms. The van der Waals surface area contributed by atoms with E-state index in [1.807, 2.05) is 0 Å². The highest BCUT2D eigenvalue weighted by Crippen LogP contribution is 2.32. The van der Waals surface area contributed by atoms with Gasteiger partial charge in [0.1, 0.15) is 23.9 Å². The van der Waals surface area contributed by atoms with Crippen LogP contribution in [0.1, 0.15) is 11.3 Å². The standard InChI is InChI=1S/C19H19F3N4O2/c1-25(2)18(27)12-26-9-8-17(24-26)23-11-15-6-7-16(28-15)13-4-3-5-14(10-13)19(20,21)22/h3-10H,11-12H2,1-2H3,(H,23,24). The predicted molar refractivity (Wildman–Crippen MR) is 97.4 cm³/mol. The fourth-order valence-electron chi connectivity index (χ4n) is 2.48. The van der Waals surface area contributed by atoms with Crippen LogP contribution in [0, 0.1) is 0 Å². The van der Waals surface area contributed by atoms with Crippen molar-refractivity contribution >= 4 is 11.7 Å². The van der Waals surface area contributed by atoms with Gasteiger partial charge in [-0.3, -0.25) is 9.48 Å². The lowest BCUT2D eigenvalue weighted by Gasteiger charge is -2.09. The number of likely N-dealkylation sites (N-methyl/N-ethyl adjacent to an activating group) is 1. The van der Waals surface area contributed by atoms with Gasteiger partial charge in [0, 0.05) is 31.9 Å². The minimum absolute atomic E-state index is 0.0774. The third kappa shape index (κ3) is 4.73. The topological polar surface area (TPSA) is 63.3 Å². The Labute approximate surface area is 159 Å². The second-order valence-electron chi connectivity index (χ2n) is 6.38. The molecule has 0 aliphatic rings. The molecule has 2 heterocycles. The van der Waals surface area contributed by atoms with Crippen LogP contribution in [0.2, 0.25) is 0 Å². The molecule has 0 aliphatic heterocycles. The van der Waals surface area contributed by atoms with Crippen molar-refractivity contribution in [2.45, 2.75) is 19.3 Å². The zero-order chi connectivity index (χ0) is 20.3. The number of aromatic nitrogens is 2. The van der Waals surface area contributed by atoms with Crippen molar-refractivity contribution in [3.63, 3.8) is 0 Å². The van der Waals surface area contributed by atoms with Gasteiger partial charge in [-0.15, -0.1) is 0 Å². The Bertz CT molecular complexity index is 960. The van der Waals surface area contributed by atoms with Crippen molar-refractivity contribution < 1.29 is 22.4 Å². The molecule has 1 amide bonds. The molecule has 0 bridgehead atoms. The monoisotopic (exact) mass is 392 g/mol. The molecule has 148 valence electrons. The first-order valence-corrected chi connectivity index (χ1v) is 8.46. The first kappa shape index (κ1) is 19.5. The number of nitrogens with zero attached hydrogens (tertiary/aromatic N) is 3. The third-order valence-electron chi connectivity index (χ3n) is 4.02. The van der Waals surface area contributed by atoms with E-state index in [9.17, 15) is 18.0 Å². The zero-order valence-corrected chi connectivity index (χ0v) is 15.3. The number of rotatable bonds is 6. The summed E-state index contributed by atoms with van der Waals surface area (Å²) in [5, 5.41) is 7.30. The molecule has 0 saturated carbocycles. The summed E-state index contributed by atoms with van der Waals surface area (Å²) in [6.07, 6.45) is -2.72. The zero-order valence-electron chi connectivity index (χ0n) is 15.3. The Morgan fingerprint density at radius 2 is 2.00 bits per heavy atom. The average Bonchev–Trinajstić information content (AvgIpc) is 3.28. The third-order valence-corrected chi connectivity index (χ3v) is 4.02. The van der Waals surface area contributed by atoms with E-state index in [-0.39, 0.29) is 12.5 Å². The molecule has 0 unspecified atom stereocenters. The molecule has 2 aromatic heterocycles. The molecule has 1 N–H and O–H groups in total. The van der Waals surface area contributed by atoms with Crippen LogP contribution >= 0.6 is 0 Å². The Kier molecular flexibility index (Phi) is 5.43. The number of amides is 1. The van der Waals surface area contributed by atoms with E-state index in [1.165, 1.54) is 15.6 Å². The molecule has 6 nitrogen and oxygen atoms in total. The molecule has 0 radical (unpaired) electrons. The molecule has 28 heavy (non-hydrogen) atoms. The number of benzene rings is 1. The summed E-state index contributed by atoms with van der Waals surface area (Å²) in [7, 11) is 3.34. The van der Waals surface area contributed by atoms with Crippen molar-refractivity contribution in [3.8, 4) is 11.3 Å². The molecular weight excluding hydrogens is 373 g/mol. The molecule has 0 saturated heterocycles. The van der Waals surface area contributed by atoms with Gasteiger partial charge in [-0.05, 0) is 24.3 Å². The van der Waals surface area contributed by atoms with Crippen molar-refractivity contribution in [2.75, 3.05) is 19.4 Å². The Hall–Kier alpha value is -3.23. The van der Waals surface area contributed by atoms with Gasteiger partial charge in [0.15, 0.2) is 0 Å². The second kappa shape index (κ2) is 7.79. The molecular formula is C19H19F3N4O2. The van der Waals surface area contributed by atoms with E-state index < -0.39 is 11.7 Å². The van der Waals surface area contributed by atoms with E-state index in [0.717, 1.165) is 12.1 Å². The highest BCUT2D eigenvalue weighted by Gasteiger charge is 2.30. The first-order valence-electron chi connectivity index (χ1n) is 8.46. The molecule has 3 aromatic rings. The van der Waals surface area contributed by atoms with E-state index >= 15 is 0 Å². The Balaban J connectivity index is 1.63. The Morgan fingerprint density at radius 1 is 1.21 bits per heavy atom. The van der Waals surface area contributed by atoms with Gasteiger partial charge in [0.25, 0.3) is 0 Å². The van der Waals surface area contributed by atoms with Crippen LogP contribution in [0.15, 0.2) is 53.1 Å². The van der Waals surface area contributed by atoms with Gasteiger partial charge in [-0.1, -0.05) is 12.1 Å². The van der Waals surface area contributed by atoms with Gasteiger partial charge in [0.05, 0.1) is 12.1 Å². The number of halogens is 3. The lowest BCUT2D eigenvalue weighted by molar-refractivity contribution is -0.137. The fraction of sp³-hybridized carbons (Fsp3) is 0.263. The summed E-state index contributed by atoms with van der Waals surface area (Å²) in [5.41, 5.74) is -0.369. The van der Waals surface area contributed by atoms with Gasteiger partial charge in [-0.2, -0.15) is 18.3 Å². The van der Waals surface area contributed by atoms with Crippen molar-refractivity contribution in [1.82, 2.24) is 14.7 Å². The molecule has 3 rings (SSSR count). The summed E-state index contributed by atoms with van der Waals surface area (Å²) >= 11 is 0. The molecule has 0 atom stereocenters. The molecule has 0 fully saturated rings. The number of hydrogen-bond acceptors (Lipinski definition) is 4. The van der Waals surface area contributed by atoms with Crippen LogP contribution in [0.3, 0.4) is 0 Å². The van der Waals surface area contributed by atoms with Crippen LogP contribution in [-0.2, 0) is 24.1 Å². The number of carbonyl (C=O) groups is 1. The van der Waals surface area contributed by atoms with Crippen molar-refractivity contribution in [1.29, 1.82) is 0 Å². The minimum Gasteiger partial charge on any atom is -0.459 e. The second-order valence-corrected chi connectivity index (χ2v) is 6.38. The van der Waals surface area contributed by atoms with Crippen molar-refractivity contribution in [3.05, 3.63) is 60.0 Å². The first-order chi connectivity index (χ1) is 13.2. The quantitative estimate of drug-likeness (QED) is 0.692. The predicted octanol–water partition coefficient (Wildman–Crippen LogP) is 3.86. The Morgan fingerprint density at radius 3 is 2.71 bits per heavy atom. The van der Waals surface area contributed by atoms with E-state index in [1.54, 1.807) is 44.6 Å². The highest BCUT2D eigenvalue weighted by molar-refractivity contribution is 5.75. The number of furan rings is 1. The van der Waals surface area contributed by atoms with Gasteiger partial charge >= 0.3 is 6.18 Å². The van der Waals surface area contributed by atoms with Gasteiger partial charge in [-0.25, -0.2) is 0 Å². The van der Waals surface area contributed by atoms with Crippen molar-refractivity contribution in [2.24, 2.45) is 0 Å². The van der Waals surface area contributed by atoms with Crippen LogP contribution in [0.4, 0.5) is 19.0 Å². The van der Waals surface area contributed by atoms with Crippen LogP contribution in [0.25, 0.3) is 11.3 Å². The van der Waals surface area contributed by atoms with Crippen LogP contribution in [-0.4, -0.2) is 34.7 Å². The number of nitrogens with one attached hydrogen (secondary N) is 1. The van der Waals surface area contributed by atoms with E-state index in [0.29, 0.717) is 29.4 Å². The highest BCUT2D eigenvalue weighted by atomic mass is 19.4. The van der Waals surface area contributed by atoms with Gasteiger partial charge < -0.3 is 14.6 Å². The SMILES string of the molecule is CN(C)C(=O)Cn1ccc(NCc2ccc(-c3cccc(C(F)(F)F)c3)o2)n1. The largest absolute Gasteiger partial charge is 0.459 e. The van der Waals surface area contributed by atoms with Crippen LogP contribution < -0.4 is 5.32 Å². The molecule has 0 spiro atoms. The van der Waals surface area contributed by atoms with E-state index in [4.69, 9.17) is 4.42 Å². The summed E-state index contributed by atoms with van der Waals surface area (Å²) in [6, 6.07) is 10.0. The lowest BCUT2D eigenvalue weighted by atomic mass is 10.1. The smallest absolute Gasteiger partial charge is 0.416 e. The number of carbonyl (C=O) groups excluding carboxylic acids is 1.